The number of amides is 1. The van der Waals surface area contributed by atoms with Crippen LogP contribution in [-0.4, -0.2) is 30.4 Å². The van der Waals surface area contributed by atoms with Gasteiger partial charge in [-0.05, 0) is 49.7 Å². The van der Waals surface area contributed by atoms with Crippen molar-refractivity contribution < 1.29 is 22.7 Å². The van der Waals surface area contributed by atoms with Crippen molar-refractivity contribution in [3.8, 4) is 5.75 Å². The topological polar surface area (TPSA) is 50.4 Å². The molecule has 4 rings (SSSR count). The van der Waals surface area contributed by atoms with Crippen LogP contribution in [0.25, 0.3) is 0 Å². The Balaban J connectivity index is 0.00000196. The summed E-state index contributed by atoms with van der Waals surface area (Å²) in [7, 11) is 0. The van der Waals surface area contributed by atoms with Crippen molar-refractivity contribution in [3.63, 3.8) is 0 Å². The summed E-state index contributed by atoms with van der Waals surface area (Å²) in [5, 5.41) is 6.63. The highest BCUT2D eigenvalue weighted by atomic mass is 35.5. The lowest BCUT2D eigenvalue weighted by Crippen LogP contribution is -2.48. The lowest BCUT2D eigenvalue weighted by atomic mass is 9.99. The molecule has 0 aromatic heterocycles. The van der Waals surface area contributed by atoms with E-state index < -0.39 is 6.36 Å². The summed E-state index contributed by atoms with van der Waals surface area (Å²) in [6, 6.07) is 7.25. The number of carbonyl (C=O) groups excluding carboxylic acids is 1. The predicted molar refractivity (Wildman–Crippen MR) is 92.3 cm³/mol. The smallest absolute Gasteiger partial charge is 0.405 e. The summed E-state index contributed by atoms with van der Waals surface area (Å²) in [4.78, 5) is 12.5. The molecule has 0 radical (unpaired) electrons. The predicted octanol–water partition coefficient (Wildman–Crippen LogP) is 3.51. The molecule has 4 atom stereocenters. The maximum absolute atomic E-state index is 12.5. The number of halogens is 4. The molecule has 1 aliphatic carbocycles. The lowest BCUT2D eigenvalue weighted by Gasteiger charge is -2.29. The summed E-state index contributed by atoms with van der Waals surface area (Å²) < 4.78 is 41.7. The SMILES string of the molecule is Cl.O=C(NC1CC2CCC(C1)N2)C1CC1c1ccccc1OC(F)(F)F. The molecule has 0 spiro atoms. The molecule has 2 N–H and O–H groups in total. The molecule has 1 saturated carbocycles. The van der Waals surface area contributed by atoms with Crippen LogP contribution in [0.1, 0.15) is 43.6 Å². The third-order valence-corrected chi connectivity index (χ3v) is 5.49. The molecule has 8 heteroatoms. The normalized spacial score (nSPS) is 32.5. The molecule has 1 amide bonds. The molecule has 144 valence electrons. The van der Waals surface area contributed by atoms with E-state index in [4.69, 9.17) is 0 Å². The highest BCUT2D eigenvalue weighted by Gasteiger charge is 2.47. The maximum Gasteiger partial charge on any atom is 0.573 e. The Morgan fingerprint density at radius 1 is 1.12 bits per heavy atom. The number of hydrogen-bond acceptors (Lipinski definition) is 3. The molecule has 1 aromatic rings. The van der Waals surface area contributed by atoms with Crippen molar-refractivity contribution in [1.82, 2.24) is 10.6 Å². The largest absolute Gasteiger partial charge is 0.573 e. The van der Waals surface area contributed by atoms with Gasteiger partial charge in [-0.1, -0.05) is 18.2 Å². The van der Waals surface area contributed by atoms with Crippen molar-refractivity contribution in [2.24, 2.45) is 5.92 Å². The quantitative estimate of drug-likeness (QED) is 0.827. The first-order valence-corrected chi connectivity index (χ1v) is 8.80. The summed E-state index contributed by atoms with van der Waals surface area (Å²) >= 11 is 0. The molecule has 1 aromatic carbocycles. The van der Waals surface area contributed by atoms with Gasteiger partial charge in [0.2, 0.25) is 5.91 Å². The zero-order valence-corrected chi connectivity index (χ0v) is 14.9. The molecule has 3 fully saturated rings. The molecule has 2 heterocycles. The van der Waals surface area contributed by atoms with Gasteiger partial charge in [0.05, 0.1) is 0 Å². The molecule has 2 saturated heterocycles. The average Bonchev–Trinajstić information content (AvgIpc) is 3.25. The molecular weight excluding hydrogens is 369 g/mol. The Morgan fingerprint density at radius 2 is 1.77 bits per heavy atom. The van der Waals surface area contributed by atoms with Crippen molar-refractivity contribution in [3.05, 3.63) is 29.8 Å². The van der Waals surface area contributed by atoms with Gasteiger partial charge in [0.15, 0.2) is 0 Å². The number of ether oxygens (including phenoxy) is 1. The average molecular weight is 391 g/mol. The molecule has 4 unspecified atom stereocenters. The maximum atomic E-state index is 12.5. The monoisotopic (exact) mass is 390 g/mol. The van der Waals surface area contributed by atoms with Crippen LogP contribution in [0.4, 0.5) is 13.2 Å². The van der Waals surface area contributed by atoms with E-state index in [1.165, 1.54) is 12.1 Å². The van der Waals surface area contributed by atoms with Crippen molar-refractivity contribution in [2.75, 3.05) is 0 Å². The second-order valence-corrected chi connectivity index (χ2v) is 7.35. The van der Waals surface area contributed by atoms with Crippen molar-refractivity contribution in [1.29, 1.82) is 0 Å². The van der Waals surface area contributed by atoms with E-state index in [9.17, 15) is 18.0 Å². The van der Waals surface area contributed by atoms with Gasteiger partial charge in [0, 0.05) is 24.0 Å². The highest BCUT2D eigenvalue weighted by Crippen LogP contribution is 2.51. The van der Waals surface area contributed by atoms with Crippen LogP contribution in [-0.2, 0) is 4.79 Å². The zero-order chi connectivity index (χ0) is 17.6. The van der Waals surface area contributed by atoms with Gasteiger partial charge in [-0.3, -0.25) is 4.79 Å². The van der Waals surface area contributed by atoms with Crippen LogP contribution in [0.5, 0.6) is 5.75 Å². The van der Waals surface area contributed by atoms with Crippen LogP contribution < -0.4 is 15.4 Å². The Hall–Kier alpha value is -1.47. The van der Waals surface area contributed by atoms with E-state index in [1.54, 1.807) is 12.1 Å². The van der Waals surface area contributed by atoms with Crippen molar-refractivity contribution >= 4 is 18.3 Å². The number of nitrogens with one attached hydrogen (secondary N) is 2. The number of para-hydroxylation sites is 1. The minimum atomic E-state index is -4.73. The molecule has 4 nitrogen and oxygen atoms in total. The summed E-state index contributed by atoms with van der Waals surface area (Å²) in [6.07, 6.45) is 0.0380. The number of fused-ring (bicyclic) bond motifs is 2. The van der Waals surface area contributed by atoms with Crippen molar-refractivity contribution in [2.45, 2.75) is 62.5 Å². The van der Waals surface area contributed by atoms with Gasteiger partial charge in [-0.15, -0.1) is 25.6 Å². The third-order valence-electron chi connectivity index (χ3n) is 5.49. The first kappa shape index (κ1) is 19.3. The first-order valence-electron chi connectivity index (χ1n) is 8.80. The third kappa shape index (κ3) is 4.26. The molecule has 3 aliphatic rings. The Bertz CT molecular complexity index is 658. The van der Waals surface area contributed by atoms with Gasteiger partial charge >= 0.3 is 6.36 Å². The molecule has 26 heavy (non-hydrogen) atoms. The van der Waals surface area contributed by atoms with Gasteiger partial charge in [0.25, 0.3) is 0 Å². The minimum absolute atomic E-state index is 0. The van der Waals surface area contributed by atoms with E-state index in [0.717, 1.165) is 25.7 Å². The fourth-order valence-electron chi connectivity index (χ4n) is 4.32. The van der Waals surface area contributed by atoms with Crippen LogP contribution >= 0.6 is 12.4 Å². The fraction of sp³-hybridized carbons (Fsp3) is 0.611. The first-order chi connectivity index (χ1) is 11.9. The van der Waals surface area contributed by atoms with E-state index in [2.05, 4.69) is 15.4 Å². The number of benzene rings is 1. The Labute approximate surface area is 156 Å². The standard InChI is InChI=1S/C18H21F3N2O2.ClH/c19-18(20,21)25-16-4-2-1-3-13(16)14-9-15(14)17(24)23-12-7-10-5-6-11(8-12)22-10;/h1-4,10-12,14-15,22H,5-9H2,(H,23,24);1H. The van der Waals surface area contributed by atoms with Gasteiger partial charge < -0.3 is 15.4 Å². The second kappa shape index (κ2) is 7.27. The van der Waals surface area contributed by atoms with E-state index in [0.29, 0.717) is 24.1 Å². The number of hydrogen-bond donors (Lipinski definition) is 2. The Morgan fingerprint density at radius 3 is 2.42 bits per heavy atom. The molecular formula is C18H22ClF3N2O2. The van der Waals surface area contributed by atoms with E-state index in [-0.39, 0.29) is 41.9 Å². The number of carbonyl (C=O) groups is 1. The van der Waals surface area contributed by atoms with E-state index >= 15 is 0 Å². The lowest BCUT2D eigenvalue weighted by molar-refractivity contribution is -0.274. The summed E-state index contributed by atoms with van der Waals surface area (Å²) in [6.45, 7) is 0. The van der Waals surface area contributed by atoms with Gasteiger partial charge in [0.1, 0.15) is 5.75 Å². The van der Waals surface area contributed by atoms with Crippen LogP contribution in [0.2, 0.25) is 0 Å². The molecule has 2 aliphatic heterocycles. The summed E-state index contributed by atoms with van der Waals surface area (Å²) in [5.74, 6) is -0.698. The zero-order valence-electron chi connectivity index (χ0n) is 14.1. The minimum Gasteiger partial charge on any atom is -0.405 e. The highest BCUT2D eigenvalue weighted by molar-refractivity contribution is 5.85. The number of piperidine rings is 1. The fourth-order valence-corrected chi connectivity index (χ4v) is 4.32. The number of alkyl halides is 3. The number of rotatable bonds is 4. The van der Waals surface area contributed by atoms with E-state index in [1.807, 2.05) is 0 Å². The van der Waals surface area contributed by atoms with Gasteiger partial charge in [-0.25, -0.2) is 0 Å². The van der Waals surface area contributed by atoms with Crippen LogP contribution in [0.15, 0.2) is 24.3 Å². The molecule has 2 bridgehead atoms. The summed E-state index contributed by atoms with van der Waals surface area (Å²) in [5.41, 5.74) is 0.463. The Kier molecular flexibility index (Phi) is 5.40. The van der Waals surface area contributed by atoms with Crippen LogP contribution in [0.3, 0.4) is 0 Å². The van der Waals surface area contributed by atoms with Crippen LogP contribution in [0, 0.1) is 5.92 Å². The van der Waals surface area contributed by atoms with Gasteiger partial charge in [-0.2, -0.15) is 0 Å². The second-order valence-electron chi connectivity index (χ2n) is 7.35.